The first-order valence-electron chi connectivity index (χ1n) is 5.80. The van der Waals surface area contributed by atoms with Crippen LogP contribution in [0, 0.1) is 5.92 Å². The summed E-state index contributed by atoms with van der Waals surface area (Å²) in [6.45, 7) is 3.77. The molecule has 0 aromatic heterocycles. The van der Waals surface area contributed by atoms with Crippen molar-refractivity contribution < 1.29 is 14.7 Å². The standard InChI is InChI=1S/C13H15Cl2NO3/c1-7(2)6-10(13(18)19)16-12(17)8-4-3-5-9(14)11(8)15/h3-5,7,10H,6H2,1-2H3,(H,16,17)(H,18,19). The van der Waals surface area contributed by atoms with Gasteiger partial charge in [-0.2, -0.15) is 0 Å². The second kappa shape index (κ2) is 6.78. The van der Waals surface area contributed by atoms with Crippen molar-refractivity contribution in [3.05, 3.63) is 33.8 Å². The summed E-state index contributed by atoms with van der Waals surface area (Å²) < 4.78 is 0. The minimum absolute atomic E-state index is 0.121. The number of amides is 1. The lowest BCUT2D eigenvalue weighted by Gasteiger charge is -2.17. The summed E-state index contributed by atoms with van der Waals surface area (Å²) in [6.07, 6.45) is 0.346. The molecule has 0 aliphatic heterocycles. The Morgan fingerprint density at radius 3 is 2.47 bits per heavy atom. The van der Waals surface area contributed by atoms with Gasteiger partial charge < -0.3 is 10.4 Å². The molecule has 0 aliphatic rings. The van der Waals surface area contributed by atoms with Gasteiger partial charge in [0.2, 0.25) is 0 Å². The molecule has 0 saturated carbocycles. The molecule has 6 heteroatoms. The molecule has 1 aromatic carbocycles. The van der Waals surface area contributed by atoms with Gasteiger partial charge in [0.05, 0.1) is 15.6 Å². The van der Waals surface area contributed by atoms with E-state index >= 15 is 0 Å². The van der Waals surface area contributed by atoms with Gasteiger partial charge in [-0.3, -0.25) is 4.79 Å². The molecule has 0 aliphatic carbocycles. The molecule has 4 nitrogen and oxygen atoms in total. The van der Waals surface area contributed by atoms with Gasteiger partial charge in [0.25, 0.3) is 5.91 Å². The number of rotatable bonds is 5. The van der Waals surface area contributed by atoms with Crippen LogP contribution in [0.5, 0.6) is 0 Å². The number of hydrogen-bond acceptors (Lipinski definition) is 2. The van der Waals surface area contributed by atoms with Crippen molar-refractivity contribution in [3.63, 3.8) is 0 Å². The molecule has 0 radical (unpaired) electrons. The molecule has 0 saturated heterocycles. The maximum atomic E-state index is 12.0. The Morgan fingerprint density at radius 2 is 1.95 bits per heavy atom. The molecule has 19 heavy (non-hydrogen) atoms. The van der Waals surface area contributed by atoms with Gasteiger partial charge in [0.1, 0.15) is 6.04 Å². The minimum Gasteiger partial charge on any atom is -0.480 e. The zero-order chi connectivity index (χ0) is 14.6. The Kier molecular flexibility index (Phi) is 5.63. The summed E-state index contributed by atoms with van der Waals surface area (Å²) >= 11 is 11.7. The molecular weight excluding hydrogens is 289 g/mol. The number of carbonyl (C=O) groups is 2. The van der Waals surface area contributed by atoms with E-state index in [1.165, 1.54) is 6.07 Å². The predicted octanol–water partition coefficient (Wildman–Crippen LogP) is 3.22. The molecule has 2 N–H and O–H groups in total. The fourth-order valence-corrected chi connectivity index (χ4v) is 1.99. The van der Waals surface area contributed by atoms with Crippen molar-refractivity contribution in [1.29, 1.82) is 0 Å². The first kappa shape index (κ1) is 15.8. The van der Waals surface area contributed by atoms with Gasteiger partial charge in [-0.15, -0.1) is 0 Å². The second-order valence-corrected chi connectivity index (χ2v) is 5.38. The van der Waals surface area contributed by atoms with Gasteiger partial charge in [0, 0.05) is 0 Å². The predicted molar refractivity (Wildman–Crippen MR) is 74.8 cm³/mol. The summed E-state index contributed by atoms with van der Waals surface area (Å²) in [4.78, 5) is 23.1. The van der Waals surface area contributed by atoms with E-state index in [-0.39, 0.29) is 21.5 Å². The van der Waals surface area contributed by atoms with Crippen LogP contribution in [0.3, 0.4) is 0 Å². The number of carboxylic acid groups (broad SMARTS) is 1. The Labute approximate surface area is 121 Å². The molecule has 0 heterocycles. The molecule has 1 unspecified atom stereocenters. The average Bonchev–Trinajstić information content (AvgIpc) is 2.31. The number of carbonyl (C=O) groups excluding carboxylic acids is 1. The van der Waals surface area contributed by atoms with E-state index in [4.69, 9.17) is 28.3 Å². The Bertz CT molecular complexity index is 489. The van der Waals surface area contributed by atoms with Crippen LogP contribution in [0.2, 0.25) is 10.0 Å². The fourth-order valence-electron chi connectivity index (χ4n) is 1.61. The second-order valence-electron chi connectivity index (χ2n) is 4.60. The number of aliphatic carboxylic acids is 1. The van der Waals surface area contributed by atoms with E-state index in [0.29, 0.717) is 6.42 Å². The highest BCUT2D eigenvalue weighted by molar-refractivity contribution is 6.43. The van der Waals surface area contributed by atoms with E-state index in [1.807, 2.05) is 13.8 Å². The maximum absolute atomic E-state index is 12.0. The SMILES string of the molecule is CC(C)CC(NC(=O)c1cccc(Cl)c1Cl)C(=O)O. The van der Waals surface area contributed by atoms with Gasteiger partial charge in [0.15, 0.2) is 0 Å². The van der Waals surface area contributed by atoms with E-state index in [2.05, 4.69) is 5.32 Å². The van der Waals surface area contributed by atoms with Crippen LogP contribution in [-0.4, -0.2) is 23.0 Å². The summed E-state index contributed by atoms with van der Waals surface area (Å²) in [5, 5.41) is 11.9. The topological polar surface area (TPSA) is 66.4 Å². The van der Waals surface area contributed by atoms with Crippen LogP contribution in [0.15, 0.2) is 18.2 Å². The third kappa shape index (κ3) is 4.40. The zero-order valence-electron chi connectivity index (χ0n) is 10.6. The molecule has 1 rings (SSSR count). The quantitative estimate of drug-likeness (QED) is 0.877. The van der Waals surface area contributed by atoms with Crippen LogP contribution < -0.4 is 5.32 Å². The van der Waals surface area contributed by atoms with Gasteiger partial charge in [-0.25, -0.2) is 4.79 Å². The molecule has 0 fully saturated rings. The van der Waals surface area contributed by atoms with Crippen molar-refractivity contribution in [1.82, 2.24) is 5.32 Å². The third-order valence-electron chi connectivity index (χ3n) is 2.51. The molecule has 1 amide bonds. The summed E-state index contributed by atoms with van der Waals surface area (Å²) in [7, 11) is 0. The van der Waals surface area contributed by atoms with Crippen LogP contribution in [0.1, 0.15) is 30.6 Å². The van der Waals surface area contributed by atoms with Crippen LogP contribution >= 0.6 is 23.2 Å². The van der Waals surface area contributed by atoms with Crippen molar-refractivity contribution >= 4 is 35.1 Å². The molecule has 0 bridgehead atoms. The summed E-state index contributed by atoms with van der Waals surface area (Å²) in [5.41, 5.74) is 0.171. The van der Waals surface area contributed by atoms with E-state index in [1.54, 1.807) is 12.1 Å². The number of nitrogens with one attached hydrogen (secondary N) is 1. The van der Waals surface area contributed by atoms with Gasteiger partial charge >= 0.3 is 5.97 Å². The molecule has 1 atom stereocenters. The Balaban J connectivity index is 2.88. The van der Waals surface area contributed by atoms with E-state index in [9.17, 15) is 9.59 Å². The van der Waals surface area contributed by atoms with Crippen LogP contribution in [-0.2, 0) is 4.79 Å². The molecular formula is C13H15Cl2NO3. The van der Waals surface area contributed by atoms with Gasteiger partial charge in [-0.05, 0) is 24.5 Å². The first-order valence-corrected chi connectivity index (χ1v) is 6.56. The lowest BCUT2D eigenvalue weighted by molar-refractivity contribution is -0.139. The smallest absolute Gasteiger partial charge is 0.326 e. The average molecular weight is 304 g/mol. The fraction of sp³-hybridized carbons (Fsp3) is 0.385. The third-order valence-corrected chi connectivity index (χ3v) is 3.33. The molecule has 1 aromatic rings. The highest BCUT2D eigenvalue weighted by Crippen LogP contribution is 2.25. The number of halogens is 2. The zero-order valence-corrected chi connectivity index (χ0v) is 12.1. The van der Waals surface area contributed by atoms with Crippen molar-refractivity contribution in [2.24, 2.45) is 5.92 Å². The number of hydrogen-bond donors (Lipinski definition) is 2. The Hall–Kier alpha value is -1.26. The first-order chi connectivity index (χ1) is 8.82. The number of carboxylic acids is 1. The largest absolute Gasteiger partial charge is 0.480 e. The van der Waals surface area contributed by atoms with Gasteiger partial charge in [-0.1, -0.05) is 43.1 Å². The highest BCUT2D eigenvalue weighted by atomic mass is 35.5. The summed E-state index contributed by atoms with van der Waals surface area (Å²) in [5.74, 6) is -1.46. The molecule has 0 spiro atoms. The minimum atomic E-state index is -1.07. The monoisotopic (exact) mass is 303 g/mol. The van der Waals surface area contributed by atoms with Crippen molar-refractivity contribution in [2.75, 3.05) is 0 Å². The van der Waals surface area contributed by atoms with Crippen molar-refractivity contribution in [2.45, 2.75) is 26.3 Å². The lowest BCUT2D eigenvalue weighted by atomic mass is 10.0. The van der Waals surface area contributed by atoms with E-state index < -0.39 is 17.9 Å². The van der Waals surface area contributed by atoms with Crippen molar-refractivity contribution in [3.8, 4) is 0 Å². The number of benzene rings is 1. The lowest BCUT2D eigenvalue weighted by Crippen LogP contribution is -2.41. The Morgan fingerprint density at radius 1 is 1.32 bits per heavy atom. The summed E-state index contributed by atoms with van der Waals surface area (Å²) in [6, 6.07) is 3.70. The van der Waals surface area contributed by atoms with E-state index in [0.717, 1.165) is 0 Å². The normalized spacial score (nSPS) is 12.3. The maximum Gasteiger partial charge on any atom is 0.326 e. The van der Waals surface area contributed by atoms with Crippen LogP contribution in [0.25, 0.3) is 0 Å². The highest BCUT2D eigenvalue weighted by Gasteiger charge is 2.23. The van der Waals surface area contributed by atoms with Crippen LogP contribution in [0.4, 0.5) is 0 Å². The molecule has 104 valence electrons.